The molecule has 0 saturated heterocycles. The second-order valence-electron chi connectivity index (χ2n) is 4.79. The van der Waals surface area contributed by atoms with Crippen LogP contribution in [-0.4, -0.2) is 18.0 Å². The fourth-order valence-corrected chi connectivity index (χ4v) is 1.82. The van der Waals surface area contributed by atoms with Crippen LogP contribution in [-0.2, 0) is 4.79 Å². The van der Waals surface area contributed by atoms with E-state index in [0.717, 1.165) is 17.4 Å². The van der Waals surface area contributed by atoms with Gasteiger partial charge in [0.05, 0.1) is 11.3 Å². The Morgan fingerprint density at radius 2 is 1.46 bits per heavy atom. The second kappa shape index (κ2) is 7.02. The van der Waals surface area contributed by atoms with Gasteiger partial charge in [0.15, 0.2) is 17.5 Å². The Morgan fingerprint density at radius 3 is 2.08 bits per heavy atom. The third-order valence-electron chi connectivity index (χ3n) is 3.03. The van der Waals surface area contributed by atoms with Crippen LogP contribution in [0.1, 0.15) is 10.4 Å². The fraction of sp³-hybridized carbons (Fsp3) is 0.0667. The zero-order chi connectivity index (χ0) is 19.6. The summed E-state index contributed by atoms with van der Waals surface area (Å²) < 4.78 is 91.1. The van der Waals surface area contributed by atoms with Crippen molar-refractivity contribution in [1.82, 2.24) is 0 Å². The van der Waals surface area contributed by atoms with Gasteiger partial charge in [-0.25, -0.2) is 17.6 Å². The number of anilines is 2. The number of hydrogen-bond donors (Lipinski definition) is 2. The molecule has 138 valence electrons. The van der Waals surface area contributed by atoms with E-state index in [1.165, 1.54) is 0 Å². The third-order valence-corrected chi connectivity index (χ3v) is 3.03. The van der Waals surface area contributed by atoms with Gasteiger partial charge in [-0.3, -0.25) is 9.59 Å². The van der Waals surface area contributed by atoms with Crippen molar-refractivity contribution in [2.45, 2.75) is 6.18 Å². The van der Waals surface area contributed by atoms with Crippen molar-refractivity contribution in [3.8, 4) is 0 Å². The summed E-state index contributed by atoms with van der Waals surface area (Å²) >= 11 is 0. The van der Waals surface area contributed by atoms with E-state index < -0.39 is 58.2 Å². The van der Waals surface area contributed by atoms with E-state index in [-0.39, 0.29) is 0 Å². The first-order valence-corrected chi connectivity index (χ1v) is 6.64. The normalized spacial score (nSPS) is 11.2. The first kappa shape index (κ1) is 19.2. The summed E-state index contributed by atoms with van der Waals surface area (Å²) in [5.41, 5.74) is -3.23. The summed E-state index contributed by atoms with van der Waals surface area (Å²) in [6.07, 6.45) is -5.34. The van der Waals surface area contributed by atoms with Crippen LogP contribution in [0.15, 0.2) is 30.3 Å². The van der Waals surface area contributed by atoms with Gasteiger partial charge in [-0.05, 0) is 24.3 Å². The summed E-state index contributed by atoms with van der Waals surface area (Å²) in [5.74, 6) is -10.1. The van der Waals surface area contributed by atoms with Crippen molar-refractivity contribution in [3.05, 3.63) is 59.2 Å². The Balaban J connectivity index is 2.35. The monoisotopic (exact) mass is 380 g/mol. The molecule has 2 N–H and O–H groups in total. The number of hydrogen-bond acceptors (Lipinski definition) is 2. The highest BCUT2D eigenvalue weighted by Crippen LogP contribution is 2.28. The molecule has 0 heterocycles. The molecule has 0 aliphatic heterocycles. The topological polar surface area (TPSA) is 58.2 Å². The van der Waals surface area contributed by atoms with Gasteiger partial charge >= 0.3 is 12.1 Å². The molecular formula is C15H7F7N2O2. The van der Waals surface area contributed by atoms with E-state index in [9.17, 15) is 40.3 Å². The van der Waals surface area contributed by atoms with Crippen LogP contribution in [0, 0.1) is 23.3 Å². The maximum Gasteiger partial charge on any atom is 0.471 e. The molecule has 0 radical (unpaired) electrons. The maximum atomic E-state index is 14.1. The summed E-state index contributed by atoms with van der Waals surface area (Å²) in [4.78, 5) is 22.7. The number of carbonyl (C=O) groups excluding carboxylic acids is 2. The van der Waals surface area contributed by atoms with Crippen LogP contribution in [0.5, 0.6) is 0 Å². The molecule has 0 spiro atoms. The van der Waals surface area contributed by atoms with Gasteiger partial charge in [0.1, 0.15) is 11.5 Å². The van der Waals surface area contributed by atoms with Crippen LogP contribution in [0.25, 0.3) is 0 Å². The van der Waals surface area contributed by atoms with Crippen molar-refractivity contribution < 1.29 is 40.3 Å². The average Bonchev–Trinajstić information content (AvgIpc) is 2.55. The van der Waals surface area contributed by atoms with Gasteiger partial charge < -0.3 is 10.6 Å². The standard InChI is InChI=1S/C15H7F7N2O2/c16-7-3-1-2-6(10(7)18)13(25)24-12-8(17)4-5-9(11(12)19)23-14(26)15(20,21)22/h1-5H,(H,23,26)(H,24,25). The Hall–Kier alpha value is -3.11. The van der Waals surface area contributed by atoms with E-state index in [2.05, 4.69) is 0 Å². The number of rotatable bonds is 3. The molecule has 2 aromatic carbocycles. The lowest BCUT2D eigenvalue weighted by atomic mass is 10.1. The lowest BCUT2D eigenvalue weighted by Crippen LogP contribution is -2.30. The van der Waals surface area contributed by atoms with E-state index in [0.29, 0.717) is 18.2 Å². The van der Waals surface area contributed by atoms with E-state index in [1.807, 2.05) is 0 Å². The molecule has 0 bridgehead atoms. The first-order chi connectivity index (χ1) is 12.0. The molecule has 2 aromatic rings. The molecule has 4 nitrogen and oxygen atoms in total. The zero-order valence-corrected chi connectivity index (χ0v) is 12.3. The highest BCUT2D eigenvalue weighted by Gasteiger charge is 2.39. The second-order valence-corrected chi connectivity index (χ2v) is 4.79. The van der Waals surface area contributed by atoms with E-state index in [4.69, 9.17) is 0 Å². The van der Waals surface area contributed by atoms with Crippen LogP contribution in [0.4, 0.5) is 42.1 Å². The highest BCUT2D eigenvalue weighted by atomic mass is 19.4. The van der Waals surface area contributed by atoms with Crippen molar-refractivity contribution in [1.29, 1.82) is 0 Å². The smallest absolute Gasteiger partial charge is 0.317 e. The number of alkyl halides is 3. The quantitative estimate of drug-likeness (QED) is 0.791. The minimum absolute atomic E-state index is 0.465. The van der Waals surface area contributed by atoms with Crippen LogP contribution < -0.4 is 10.6 Å². The molecule has 11 heteroatoms. The zero-order valence-electron chi connectivity index (χ0n) is 12.3. The molecule has 0 unspecified atom stereocenters. The average molecular weight is 380 g/mol. The van der Waals surface area contributed by atoms with Crippen LogP contribution >= 0.6 is 0 Å². The molecule has 0 saturated carbocycles. The molecule has 0 aliphatic rings. The van der Waals surface area contributed by atoms with Crippen molar-refractivity contribution in [2.24, 2.45) is 0 Å². The SMILES string of the molecule is O=C(Nc1c(F)ccc(NC(=O)C(F)(F)F)c1F)c1cccc(F)c1F. The number of halogens is 7. The summed E-state index contributed by atoms with van der Waals surface area (Å²) in [7, 11) is 0. The predicted molar refractivity (Wildman–Crippen MR) is 75.4 cm³/mol. The van der Waals surface area contributed by atoms with Gasteiger partial charge in [0.25, 0.3) is 5.91 Å². The van der Waals surface area contributed by atoms with Gasteiger partial charge in [-0.2, -0.15) is 13.2 Å². The van der Waals surface area contributed by atoms with Gasteiger partial charge in [0.2, 0.25) is 0 Å². The minimum atomic E-state index is -5.34. The molecule has 0 aliphatic carbocycles. The summed E-state index contributed by atoms with van der Waals surface area (Å²) in [5, 5.41) is 2.75. The van der Waals surface area contributed by atoms with Gasteiger partial charge in [-0.1, -0.05) is 6.07 Å². The molecule has 26 heavy (non-hydrogen) atoms. The molecule has 2 amide bonds. The molecule has 0 fully saturated rings. The number of nitrogens with one attached hydrogen (secondary N) is 2. The Kier molecular flexibility index (Phi) is 5.19. The minimum Gasteiger partial charge on any atom is -0.317 e. The molecule has 2 rings (SSSR count). The fourth-order valence-electron chi connectivity index (χ4n) is 1.82. The van der Waals surface area contributed by atoms with Crippen molar-refractivity contribution >= 4 is 23.2 Å². The Bertz CT molecular complexity index is 881. The van der Waals surface area contributed by atoms with E-state index in [1.54, 1.807) is 5.32 Å². The largest absolute Gasteiger partial charge is 0.471 e. The lowest BCUT2D eigenvalue weighted by molar-refractivity contribution is -0.167. The Labute approximate surface area is 140 Å². The van der Waals surface area contributed by atoms with Gasteiger partial charge in [0, 0.05) is 0 Å². The summed E-state index contributed by atoms with van der Waals surface area (Å²) in [6, 6.07) is 3.43. The highest BCUT2D eigenvalue weighted by molar-refractivity contribution is 6.05. The Morgan fingerprint density at radius 1 is 0.808 bits per heavy atom. The molecule has 0 atom stereocenters. The lowest BCUT2D eigenvalue weighted by Gasteiger charge is -2.13. The molecular weight excluding hydrogens is 373 g/mol. The predicted octanol–water partition coefficient (Wildman–Crippen LogP) is 4.00. The molecule has 0 aromatic heterocycles. The number of amides is 2. The van der Waals surface area contributed by atoms with E-state index >= 15 is 0 Å². The van der Waals surface area contributed by atoms with Gasteiger partial charge in [-0.15, -0.1) is 0 Å². The van der Waals surface area contributed by atoms with Crippen molar-refractivity contribution in [3.63, 3.8) is 0 Å². The first-order valence-electron chi connectivity index (χ1n) is 6.64. The van der Waals surface area contributed by atoms with Crippen LogP contribution in [0.2, 0.25) is 0 Å². The maximum absolute atomic E-state index is 14.1. The number of carbonyl (C=O) groups is 2. The third kappa shape index (κ3) is 3.92. The van der Waals surface area contributed by atoms with Crippen LogP contribution in [0.3, 0.4) is 0 Å². The summed E-state index contributed by atoms with van der Waals surface area (Å²) in [6.45, 7) is 0. The number of benzene rings is 2. The van der Waals surface area contributed by atoms with Crippen molar-refractivity contribution in [2.75, 3.05) is 10.6 Å².